The number of nitrogens with one attached hydrogen (secondary N) is 1. The van der Waals surface area contributed by atoms with Gasteiger partial charge in [0.25, 0.3) is 0 Å². The van der Waals surface area contributed by atoms with Gasteiger partial charge < -0.3 is 10.5 Å². The van der Waals surface area contributed by atoms with E-state index in [0.717, 1.165) is 26.2 Å². The highest BCUT2D eigenvalue weighted by Crippen LogP contribution is 2.15. The molecule has 1 aliphatic rings. The van der Waals surface area contributed by atoms with E-state index in [1.54, 1.807) is 0 Å². The van der Waals surface area contributed by atoms with Crippen molar-refractivity contribution in [3.05, 3.63) is 0 Å². The van der Waals surface area contributed by atoms with Gasteiger partial charge in [-0.1, -0.05) is 6.92 Å². The summed E-state index contributed by atoms with van der Waals surface area (Å²) in [6.07, 6.45) is 1.76. The van der Waals surface area contributed by atoms with Crippen molar-refractivity contribution in [2.45, 2.75) is 38.8 Å². The smallest absolute Gasteiger partial charge is 0.0920 e. The number of hydrogen-bond donors (Lipinski definition) is 2. The Bertz CT molecular complexity index is 196. The summed E-state index contributed by atoms with van der Waals surface area (Å²) in [5.41, 5.74) is 5.41. The third-order valence-electron chi connectivity index (χ3n) is 2.83. The first-order chi connectivity index (χ1) is 6.65. The van der Waals surface area contributed by atoms with Gasteiger partial charge in [-0.2, -0.15) is 0 Å². The molecule has 1 aliphatic heterocycles. The first-order valence-electron chi connectivity index (χ1n) is 5.31. The highest BCUT2D eigenvalue weighted by Gasteiger charge is 2.25. The molecule has 2 unspecified atom stereocenters. The van der Waals surface area contributed by atoms with Crippen LogP contribution in [0, 0.1) is 5.41 Å². The lowest BCUT2D eigenvalue weighted by Crippen LogP contribution is -2.50. The van der Waals surface area contributed by atoms with E-state index in [-0.39, 0.29) is 5.84 Å². The van der Waals surface area contributed by atoms with Crippen molar-refractivity contribution in [1.82, 2.24) is 4.90 Å². The summed E-state index contributed by atoms with van der Waals surface area (Å²) < 4.78 is 5.43. The summed E-state index contributed by atoms with van der Waals surface area (Å²) in [5, 5.41) is 7.29. The number of morpholine rings is 1. The topological polar surface area (TPSA) is 62.3 Å². The van der Waals surface area contributed by atoms with Gasteiger partial charge in [-0.25, -0.2) is 0 Å². The van der Waals surface area contributed by atoms with Gasteiger partial charge in [0, 0.05) is 25.0 Å². The lowest BCUT2D eigenvalue weighted by atomic mass is 10.1. The zero-order valence-corrected chi connectivity index (χ0v) is 9.12. The fraction of sp³-hybridized carbons (Fsp3) is 0.900. The van der Waals surface area contributed by atoms with Crippen LogP contribution in [-0.4, -0.2) is 42.6 Å². The number of ether oxygens (including phenoxy) is 1. The van der Waals surface area contributed by atoms with E-state index in [2.05, 4.69) is 18.7 Å². The van der Waals surface area contributed by atoms with Crippen molar-refractivity contribution in [3.63, 3.8) is 0 Å². The molecule has 2 atom stereocenters. The normalized spacial score (nSPS) is 26.0. The van der Waals surface area contributed by atoms with Gasteiger partial charge in [0.1, 0.15) is 0 Å². The van der Waals surface area contributed by atoms with Gasteiger partial charge in [0.2, 0.25) is 0 Å². The number of rotatable bonds is 4. The van der Waals surface area contributed by atoms with Gasteiger partial charge in [0.15, 0.2) is 0 Å². The molecule has 14 heavy (non-hydrogen) atoms. The summed E-state index contributed by atoms with van der Waals surface area (Å²) >= 11 is 0. The molecule has 0 spiro atoms. The zero-order valence-electron chi connectivity index (χ0n) is 9.12. The van der Waals surface area contributed by atoms with Crippen LogP contribution in [0.15, 0.2) is 0 Å². The molecule has 4 heteroatoms. The molecule has 82 valence electrons. The van der Waals surface area contributed by atoms with Crippen LogP contribution in [0.2, 0.25) is 0 Å². The lowest BCUT2D eigenvalue weighted by molar-refractivity contribution is -0.0253. The van der Waals surface area contributed by atoms with Crippen LogP contribution in [0.1, 0.15) is 26.7 Å². The largest absolute Gasteiger partial charge is 0.388 e. The Labute approximate surface area is 85.9 Å². The SMILES string of the molecule is CCC1COCCN1C(C)CC(=N)N. The van der Waals surface area contributed by atoms with E-state index in [4.69, 9.17) is 15.9 Å². The van der Waals surface area contributed by atoms with E-state index >= 15 is 0 Å². The monoisotopic (exact) mass is 199 g/mol. The minimum absolute atomic E-state index is 0.277. The number of nitrogens with zero attached hydrogens (tertiary/aromatic N) is 1. The Hall–Kier alpha value is -0.610. The maximum atomic E-state index is 7.29. The van der Waals surface area contributed by atoms with Crippen molar-refractivity contribution in [2.75, 3.05) is 19.8 Å². The second-order valence-corrected chi connectivity index (χ2v) is 3.95. The Balaban J connectivity index is 2.49. The van der Waals surface area contributed by atoms with Crippen LogP contribution in [0.5, 0.6) is 0 Å². The molecule has 3 N–H and O–H groups in total. The second kappa shape index (κ2) is 5.32. The predicted molar refractivity (Wildman–Crippen MR) is 57.6 cm³/mol. The van der Waals surface area contributed by atoms with E-state index in [1.807, 2.05) is 0 Å². The van der Waals surface area contributed by atoms with Gasteiger partial charge in [-0.3, -0.25) is 10.3 Å². The summed E-state index contributed by atoms with van der Waals surface area (Å²) in [7, 11) is 0. The van der Waals surface area contributed by atoms with Crippen LogP contribution in [0.25, 0.3) is 0 Å². The van der Waals surface area contributed by atoms with Crippen LogP contribution in [0.3, 0.4) is 0 Å². The molecular formula is C10H21N3O. The first-order valence-corrected chi connectivity index (χ1v) is 5.31. The van der Waals surface area contributed by atoms with Crippen molar-refractivity contribution < 1.29 is 4.74 Å². The van der Waals surface area contributed by atoms with Crippen molar-refractivity contribution in [2.24, 2.45) is 5.73 Å². The minimum atomic E-state index is 0.277. The maximum absolute atomic E-state index is 7.29. The second-order valence-electron chi connectivity index (χ2n) is 3.95. The summed E-state index contributed by atoms with van der Waals surface area (Å²) in [5.74, 6) is 0.277. The average molecular weight is 199 g/mol. The van der Waals surface area contributed by atoms with Crippen LogP contribution in [0.4, 0.5) is 0 Å². The third-order valence-corrected chi connectivity index (χ3v) is 2.83. The quantitative estimate of drug-likeness (QED) is 0.520. The molecule has 4 nitrogen and oxygen atoms in total. The Morgan fingerprint density at radius 1 is 1.71 bits per heavy atom. The summed E-state index contributed by atoms with van der Waals surface area (Å²) in [4.78, 5) is 2.41. The molecule has 0 amide bonds. The van der Waals surface area contributed by atoms with E-state index in [1.165, 1.54) is 0 Å². The van der Waals surface area contributed by atoms with Gasteiger partial charge in [-0.15, -0.1) is 0 Å². The van der Waals surface area contributed by atoms with E-state index < -0.39 is 0 Å². The molecule has 0 radical (unpaired) electrons. The van der Waals surface area contributed by atoms with Crippen molar-refractivity contribution in [3.8, 4) is 0 Å². The Morgan fingerprint density at radius 2 is 2.43 bits per heavy atom. The first kappa shape index (κ1) is 11.5. The molecule has 0 aromatic heterocycles. The fourth-order valence-electron chi connectivity index (χ4n) is 2.04. The van der Waals surface area contributed by atoms with E-state index in [9.17, 15) is 0 Å². The lowest BCUT2D eigenvalue weighted by Gasteiger charge is -2.39. The standard InChI is InChI=1S/C10H21N3O/c1-3-9-7-14-5-4-13(9)8(2)6-10(11)12/h8-9H,3-7H2,1-2H3,(H3,11,12). The van der Waals surface area contributed by atoms with Crippen LogP contribution in [-0.2, 0) is 4.74 Å². The highest BCUT2D eigenvalue weighted by molar-refractivity contribution is 5.77. The number of hydrogen-bond acceptors (Lipinski definition) is 3. The molecule has 1 fully saturated rings. The van der Waals surface area contributed by atoms with Crippen LogP contribution < -0.4 is 5.73 Å². The minimum Gasteiger partial charge on any atom is -0.388 e. The summed E-state index contributed by atoms with van der Waals surface area (Å²) in [6, 6.07) is 0.861. The Kier molecular flexibility index (Phi) is 4.35. The average Bonchev–Trinajstić information content (AvgIpc) is 2.16. The molecule has 0 bridgehead atoms. The number of nitrogens with two attached hydrogens (primary N) is 1. The predicted octanol–water partition coefficient (Wildman–Crippen LogP) is 0.812. The van der Waals surface area contributed by atoms with Gasteiger partial charge in [0.05, 0.1) is 19.0 Å². The molecule has 1 saturated heterocycles. The molecule has 1 rings (SSSR count). The molecule has 0 aromatic rings. The molecule has 1 heterocycles. The molecule has 0 aliphatic carbocycles. The fourth-order valence-corrected chi connectivity index (χ4v) is 2.04. The Morgan fingerprint density at radius 3 is 3.00 bits per heavy atom. The summed E-state index contributed by atoms with van der Waals surface area (Å²) in [6.45, 7) is 6.90. The van der Waals surface area contributed by atoms with E-state index in [0.29, 0.717) is 18.5 Å². The van der Waals surface area contributed by atoms with Crippen molar-refractivity contribution in [1.29, 1.82) is 5.41 Å². The highest BCUT2D eigenvalue weighted by atomic mass is 16.5. The van der Waals surface area contributed by atoms with Crippen molar-refractivity contribution >= 4 is 5.84 Å². The molecule has 0 saturated carbocycles. The molecule has 0 aromatic carbocycles. The van der Waals surface area contributed by atoms with Gasteiger partial charge >= 0.3 is 0 Å². The van der Waals surface area contributed by atoms with Gasteiger partial charge in [-0.05, 0) is 13.3 Å². The third kappa shape index (κ3) is 2.96. The molecular weight excluding hydrogens is 178 g/mol. The zero-order chi connectivity index (χ0) is 10.6. The maximum Gasteiger partial charge on any atom is 0.0920 e. The van der Waals surface area contributed by atoms with Crippen LogP contribution >= 0.6 is 0 Å². The number of amidine groups is 1.